The van der Waals surface area contributed by atoms with Gasteiger partial charge >= 0.3 is 0 Å². The quantitative estimate of drug-likeness (QED) is 0.801. The standard InChI is InChI=1S/C24H26F2N2O2/c1-14(2)10-22-23(29)27-21(15-6-4-3-5-7-15)13-28(22)24(30)19-12-18(19)17-9-8-16(25)11-20(17)26/h3-9,11,14,18-19,21-22H,10,12-13H2,1-2H3,(H,27,29)/t18-,19+,21+,22?/m0/s1. The molecule has 6 heteroatoms. The summed E-state index contributed by atoms with van der Waals surface area (Å²) in [5, 5.41) is 3.06. The molecule has 2 aromatic rings. The van der Waals surface area contributed by atoms with Crippen LogP contribution < -0.4 is 5.32 Å². The number of hydrogen-bond donors (Lipinski definition) is 1. The first-order chi connectivity index (χ1) is 14.3. The van der Waals surface area contributed by atoms with E-state index in [-0.39, 0.29) is 35.6 Å². The van der Waals surface area contributed by atoms with Crippen LogP contribution in [0, 0.1) is 23.5 Å². The number of hydrogen-bond acceptors (Lipinski definition) is 2. The van der Waals surface area contributed by atoms with E-state index in [0.717, 1.165) is 11.6 Å². The number of piperazine rings is 1. The molecule has 4 atom stereocenters. The van der Waals surface area contributed by atoms with Gasteiger partial charge in [0.15, 0.2) is 0 Å². The largest absolute Gasteiger partial charge is 0.346 e. The van der Waals surface area contributed by atoms with Crippen LogP contribution in [0.1, 0.15) is 49.8 Å². The first kappa shape index (κ1) is 20.5. The molecule has 1 heterocycles. The maximum atomic E-state index is 14.2. The van der Waals surface area contributed by atoms with Crippen LogP contribution in [0.4, 0.5) is 8.78 Å². The van der Waals surface area contributed by atoms with Gasteiger partial charge < -0.3 is 10.2 Å². The van der Waals surface area contributed by atoms with E-state index in [0.29, 0.717) is 24.9 Å². The van der Waals surface area contributed by atoms with Gasteiger partial charge in [-0.25, -0.2) is 8.78 Å². The second-order valence-electron chi connectivity index (χ2n) is 8.72. The minimum atomic E-state index is -0.629. The van der Waals surface area contributed by atoms with Gasteiger partial charge in [-0.1, -0.05) is 50.2 Å². The van der Waals surface area contributed by atoms with Gasteiger partial charge in [0.25, 0.3) is 0 Å². The summed E-state index contributed by atoms with van der Waals surface area (Å²) in [5.41, 5.74) is 1.32. The van der Waals surface area contributed by atoms with Crippen molar-refractivity contribution in [2.45, 2.75) is 44.7 Å². The second kappa shape index (κ2) is 8.17. The molecule has 1 saturated heterocycles. The van der Waals surface area contributed by atoms with Gasteiger partial charge in [0.2, 0.25) is 11.8 Å². The lowest BCUT2D eigenvalue weighted by molar-refractivity contribution is -0.146. The third kappa shape index (κ3) is 4.09. The summed E-state index contributed by atoms with van der Waals surface area (Å²) >= 11 is 0. The van der Waals surface area contributed by atoms with Crippen molar-refractivity contribution in [3.8, 4) is 0 Å². The average molecular weight is 412 g/mol. The molecule has 0 aromatic heterocycles. The van der Waals surface area contributed by atoms with Crippen molar-refractivity contribution in [3.05, 3.63) is 71.3 Å². The van der Waals surface area contributed by atoms with Crippen LogP contribution >= 0.6 is 0 Å². The number of rotatable bonds is 5. The number of carbonyl (C=O) groups is 2. The Morgan fingerprint density at radius 3 is 2.57 bits per heavy atom. The summed E-state index contributed by atoms with van der Waals surface area (Å²) in [6.07, 6.45) is 1.09. The highest BCUT2D eigenvalue weighted by molar-refractivity contribution is 5.91. The molecule has 0 radical (unpaired) electrons. The fraction of sp³-hybridized carbons (Fsp3) is 0.417. The van der Waals surface area contributed by atoms with Crippen molar-refractivity contribution in [1.82, 2.24) is 10.2 Å². The summed E-state index contributed by atoms with van der Waals surface area (Å²) in [5.74, 6) is -1.91. The normalized spacial score (nSPS) is 25.9. The van der Waals surface area contributed by atoms with Gasteiger partial charge in [0, 0.05) is 18.5 Å². The summed E-state index contributed by atoms with van der Waals surface area (Å²) in [4.78, 5) is 28.0. The van der Waals surface area contributed by atoms with E-state index < -0.39 is 17.7 Å². The average Bonchev–Trinajstić information content (AvgIpc) is 3.49. The minimum Gasteiger partial charge on any atom is -0.346 e. The van der Waals surface area contributed by atoms with Gasteiger partial charge in [-0.05, 0) is 41.9 Å². The van der Waals surface area contributed by atoms with Gasteiger partial charge in [-0.15, -0.1) is 0 Å². The molecule has 30 heavy (non-hydrogen) atoms. The zero-order chi connectivity index (χ0) is 21.4. The zero-order valence-electron chi connectivity index (χ0n) is 17.1. The molecule has 1 unspecified atom stereocenters. The Labute approximate surface area is 175 Å². The number of benzene rings is 2. The van der Waals surface area contributed by atoms with Crippen molar-refractivity contribution < 1.29 is 18.4 Å². The topological polar surface area (TPSA) is 49.4 Å². The van der Waals surface area contributed by atoms with E-state index in [2.05, 4.69) is 5.32 Å². The van der Waals surface area contributed by atoms with Crippen LogP contribution in [-0.4, -0.2) is 29.3 Å². The lowest BCUT2D eigenvalue weighted by Crippen LogP contribution is -2.59. The van der Waals surface area contributed by atoms with Gasteiger partial charge in [0.05, 0.1) is 6.04 Å². The van der Waals surface area contributed by atoms with Crippen LogP contribution in [0.25, 0.3) is 0 Å². The zero-order valence-corrected chi connectivity index (χ0v) is 17.1. The highest BCUT2D eigenvalue weighted by Gasteiger charge is 2.50. The Kier molecular flexibility index (Phi) is 5.58. The molecule has 1 aliphatic carbocycles. The lowest BCUT2D eigenvalue weighted by Gasteiger charge is -2.40. The van der Waals surface area contributed by atoms with E-state index in [9.17, 15) is 18.4 Å². The van der Waals surface area contributed by atoms with Crippen molar-refractivity contribution in [2.24, 2.45) is 11.8 Å². The summed E-state index contributed by atoms with van der Waals surface area (Å²) in [6, 6.07) is 12.3. The predicted molar refractivity (Wildman–Crippen MR) is 109 cm³/mol. The molecular weight excluding hydrogens is 386 g/mol. The summed E-state index contributed by atoms with van der Waals surface area (Å²) < 4.78 is 27.4. The Hall–Kier alpha value is -2.76. The molecule has 158 valence electrons. The Balaban J connectivity index is 1.56. The smallest absolute Gasteiger partial charge is 0.243 e. The number of amides is 2. The highest BCUT2D eigenvalue weighted by atomic mass is 19.1. The van der Waals surface area contributed by atoms with E-state index in [1.165, 1.54) is 12.1 Å². The third-order valence-electron chi connectivity index (χ3n) is 6.02. The molecule has 1 N–H and O–H groups in total. The maximum Gasteiger partial charge on any atom is 0.243 e. The molecule has 2 fully saturated rings. The third-order valence-corrected chi connectivity index (χ3v) is 6.02. The summed E-state index contributed by atoms with van der Waals surface area (Å²) in [7, 11) is 0. The number of nitrogens with zero attached hydrogens (tertiary/aromatic N) is 1. The highest BCUT2D eigenvalue weighted by Crippen LogP contribution is 2.50. The molecule has 0 bridgehead atoms. The minimum absolute atomic E-state index is 0.120. The fourth-order valence-electron chi connectivity index (χ4n) is 4.40. The van der Waals surface area contributed by atoms with E-state index in [1.807, 2.05) is 44.2 Å². The van der Waals surface area contributed by atoms with Gasteiger partial charge in [0.1, 0.15) is 17.7 Å². The lowest BCUT2D eigenvalue weighted by atomic mass is 9.95. The second-order valence-corrected chi connectivity index (χ2v) is 8.72. The van der Waals surface area contributed by atoms with Crippen molar-refractivity contribution >= 4 is 11.8 Å². The van der Waals surface area contributed by atoms with Crippen LogP contribution in [0.3, 0.4) is 0 Å². The van der Waals surface area contributed by atoms with Crippen LogP contribution in [0.5, 0.6) is 0 Å². The van der Waals surface area contributed by atoms with E-state index in [1.54, 1.807) is 4.90 Å². The maximum absolute atomic E-state index is 14.2. The molecule has 1 aliphatic heterocycles. The Morgan fingerprint density at radius 1 is 1.17 bits per heavy atom. The van der Waals surface area contributed by atoms with E-state index >= 15 is 0 Å². The molecule has 2 aliphatic rings. The number of halogens is 2. The first-order valence-corrected chi connectivity index (χ1v) is 10.5. The van der Waals surface area contributed by atoms with Gasteiger partial charge in [-0.3, -0.25) is 9.59 Å². The fourth-order valence-corrected chi connectivity index (χ4v) is 4.40. The molecule has 4 nitrogen and oxygen atoms in total. The van der Waals surface area contributed by atoms with E-state index in [4.69, 9.17) is 0 Å². The van der Waals surface area contributed by atoms with Crippen molar-refractivity contribution in [2.75, 3.05) is 6.54 Å². The van der Waals surface area contributed by atoms with Crippen molar-refractivity contribution in [3.63, 3.8) is 0 Å². The molecule has 2 amide bonds. The number of carbonyl (C=O) groups excluding carboxylic acids is 2. The molecular formula is C24H26F2N2O2. The van der Waals surface area contributed by atoms with Crippen LogP contribution in [0.2, 0.25) is 0 Å². The Bertz CT molecular complexity index is 947. The number of nitrogens with one attached hydrogen (secondary N) is 1. The first-order valence-electron chi connectivity index (χ1n) is 10.5. The monoisotopic (exact) mass is 412 g/mol. The van der Waals surface area contributed by atoms with Crippen molar-refractivity contribution in [1.29, 1.82) is 0 Å². The molecule has 1 saturated carbocycles. The molecule has 4 rings (SSSR count). The summed E-state index contributed by atoms with van der Waals surface area (Å²) in [6.45, 7) is 4.43. The Morgan fingerprint density at radius 2 is 1.90 bits per heavy atom. The predicted octanol–water partition coefficient (Wildman–Crippen LogP) is 4.18. The van der Waals surface area contributed by atoms with Crippen LogP contribution in [-0.2, 0) is 9.59 Å². The molecule has 2 aromatic carbocycles. The molecule has 0 spiro atoms. The van der Waals surface area contributed by atoms with Gasteiger partial charge in [-0.2, -0.15) is 0 Å². The SMILES string of the molecule is CC(C)CC1C(=O)N[C@@H](c2ccccc2)CN1C(=O)[C@@H]1C[C@H]1c1ccc(F)cc1F. The van der Waals surface area contributed by atoms with Crippen LogP contribution in [0.15, 0.2) is 48.5 Å².